The van der Waals surface area contributed by atoms with Gasteiger partial charge in [-0.1, -0.05) is 19.9 Å². The zero-order valence-electron chi connectivity index (χ0n) is 13.2. The summed E-state index contributed by atoms with van der Waals surface area (Å²) in [5, 5.41) is 0. The first-order valence-electron chi connectivity index (χ1n) is 8.10. The molecule has 2 N–H and O–H groups in total. The number of para-hydroxylation sites is 1. The third-order valence-corrected chi connectivity index (χ3v) is 4.14. The Hall–Kier alpha value is -2.04. The molecule has 0 aliphatic heterocycles. The van der Waals surface area contributed by atoms with E-state index >= 15 is 0 Å². The van der Waals surface area contributed by atoms with E-state index in [4.69, 9.17) is 15.5 Å². The van der Waals surface area contributed by atoms with Crippen LogP contribution in [0.4, 0.5) is 5.69 Å². The molecule has 3 rings (SSSR count). The number of carbonyl (C=O) groups excluding carboxylic acids is 1. The van der Waals surface area contributed by atoms with Crippen LogP contribution in [0, 0.1) is 0 Å². The van der Waals surface area contributed by atoms with Crippen LogP contribution in [-0.2, 0) is 9.53 Å². The van der Waals surface area contributed by atoms with Crippen LogP contribution in [0.5, 0.6) is 0 Å². The lowest BCUT2D eigenvalue weighted by molar-refractivity contribution is -0.147. The number of nitrogens with two attached hydrogens (primary N) is 1. The summed E-state index contributed by atoms with van der Waals surface area (Å²) in [6.45, 7) is 4.46. The van der Waals surface area contributed by atoms with Gasteiger partial charge >= 0.3 is 5.97 Å². The van der Waals surface area contributed by atoms with Crippen molar-refractivity contribution in [3.05, 3.63) is 24.0 Å². The van der Waals surface area contributed by atoms with E-state index in [0.29, 0.717) is 24.6 Å². The van der Waals surface area contributed by atoms with Crippen molar-refractivity contribution < 1.29 is 9.53 Å². The van der Waals surface area contributed by atoms with Gasteiger partial charge in [0.15, 0.2) is 0 Å². The largest absolute Gasteiger partial charge is 0.464 e. The number of carbonyl (C=O) groups is 1. The van der Waals surface area contributed by atoms with Crippen LogP contribution in [0.3, 0.4) is 0 Å². The van der Waals surface area contributed by atoms with Crippen LogP contribution in [-0.4, -0.2) is 22.1 Å². The average molecular weight is 301 g/mol. The Morgan fingerprint density at radius 2 is 2.23 bits per heavy atom. The summed E-state index contributed by atoms with van der Waals surface area (Å²) >= 11 is 0. The minimum absolute atomic E-state index is 0.173. The van der Waals surface area contributed by atoms with Gasteiger partial charge in [-0.05, 0) is 37.8 Å². The number of imidazole rings is 1. The molecule has 1 saturated carbocycles. The van der Waals surface area contributed by atoms with Gasteiger partial charge in [-0.25, -0.2) is 9.78 Å². The highest BCUT2D eigenvalue weighted by atomic mass is 16.5. The van der Waals surface area contributed by atoms with E-state index in [1.54, 1.807) is 0 Å². The number of hydrogen-bond acceptors (Lipinski definition) is 4. The van der Waals surface area contributed by atoms with Gasteiger partial charge in [0, 0.05) is 5.92 Å². The Morgan fingerprint density at radius 1 is 1.45 bits per heavy atom. The van der Waals surface area contributed by atoms with E-state index in [1.165, 1.54) is 0 Å². The summed E-state index contributed by atoms with van der Waals surface area (Å²) in [5.41, 5.74) is 8.46. The first-order valence-corrected chi connectivity index (χ1v) is 8.10. The minimum Gasteiger partial charge on any atom is -0.464 e. The molecule has 1 heterocycles. The zero-order valence-corrected chi connectivity index (χ0v) is 13.2. The van der Waals surface area contributed by atoms with Crippen molar-refractivity contribution in [1.29, 1.82) is 0 Å². The molecule has 0 amide bonds. The smallest absolute Gasteiger partial charge is 0.329 e. The van der Waals surface area contributed by atoms with Crippen molar-refractivity contribution in [2.24, 2.45) is 0 Å². The Morgan fingerprint density at radius 3 is 2.86 bits per heavy atom. The predicted molar refractivity (Wildman–Crippen MR) is 86.7 cm³/mol. The highest BCUT2D eigenvalue weighted by Gasteiger charge is 2.34. The Balaban J connectivity index is 2.08. The number of rotatable bonds is 6. The topological polar surface area (TPSA) is 70.1 Å². The SMILES string of the molecule is CCCOC(=O)C(CC)n1c(C2CC2)nc2c(N)cccc21. The number of nitrogens with zero attached hydrogens (tertiary/aromatic N) is 2. The lowest BCUT2D eigenvalue weighted by Gasteiger charge is -2.19. The normalized spacial score (nSPS) is 15.9. The molecule has 0 spiro atoms. The number of ether oxygens (including phenoxy) is 1. The molecule has 0 bridgehead atoms. The Kier molecular flexibility index (Phi) is 4.05. The van der Waals surface area contributed by atoms with Crippen molar-refractivity contribution in [3.63, 3.8) is 0 Å². The molecule has 118 valence electrons. The monoisotopic (exact) mass is 301 g/mol. The number of hydrogen-bond donors (Lipinski definition) is 1. The average Bonchev–Trinajstić information content (AvgIpc) is 3.29. The van der Waals surface area contributed by atoms with E-state index in [2.05, 4.69) is 4.57 Å². The van der Waals surface area contributed by atoms with Gasteiger partial charge in [0.25, 0.3) is 0 Å². The number of anilines is 1. The molecule has 2 aromatic rings. The fourth-order valence-electron chi connectivity index (χ4n) is 2.87. The molecule has 22 heavy (non-hydrogen) atoms. The van der Waals surface area contributed by atoms with Crippen molar-refractivity contribution >= 4 is 22.7 Å². The quantitative estimate of drug-likeness (QED) is 0.655. The Labute approximate surface area is 130 Å². The molecule has 0 radical (unpaired) electrons. The third-order valence-electron chi connectivity index (χ3n) is 4.14. The number of fused-ring (bicyclic) bond motifs is 1. The van der Waals surface area contributed by atoms with E-state index in [-0.39, 0.29) is 12.0 Å². The maximum atomic E-state index is 12.5. The molecule has 1 aliphatic rings. The van der Waals surface area contributed by atoms with Crippen molar-refractivity contribution in [3.8, 4) is 0 Å². The lowest BCUT2D eigenvalue weighted by Crippen LogP contribution is -2.23. The molecular formula is C17H23N3O2. The standard InChI is InChI=1S/C17H23N3O2/c1-3-10-22-17(21)13(4-2)20-14-7-5-6-12(18)15(14)19-16(20)11-8-9-11/h5-7,11,13H,3-4,8-10,18H2,1-2H3. The molecule has 5 nitrogen and oxygen atoms in total. The van der Waals surface area contributed by atoms with E-state index in [9.17, 15) is 4.79 Å². The van der Waals surface area contributed by atoms with Crippen LogP contribution in [0.2, 0.25) is 0 Å². The van der Waals surface area contributed by atoms with Crippen molar-refractivity contribution in [2.45, 2.75) is 51.5 Å². The van der Waals surface area contributed by atoms with Crippen molar-refractivity contribution in [1.82, 2.24) is 9.55 Å². The predicted octanol–water partition coefficient (Wildman–Crippen LogP) is 3.40. The highest BCUT2D eigenvalue weighted by molar-refractivity contribution is 5.89. The lowest BCUT2D eigenvalue weighted by atomic mass is 10.2. The second-order valence-electron chi connectivity index (χ2n) is 5.92. The van der Waals surface area contributed by atoms with E-state index in [1.807, 2.05) is 32.0 Å². The van der Waals surface area contributed by atoms with Gasteiger partial charge in [-0.15, -0.1) is 0 Å². The summed E-state index contributed by atoms with van der Waals surface area (Å²) in [6.07, 6.45) is 3.77. The van der Waals surface area contributed by atoms with Crippen LogP contribution >= 0.6 is 0 Å². The van der Waals surface area contributed by atoms with Gasteiger partial charge in [0.05, 0.1) is 17.8 Å². The first-order chi connectivity index (χ1) is 10.7. The molecule has 1 atom stereocenters. The molecule has 1 aromatic heterocycles. The second kappa shape index (κ2) is 5.99. The highest BCUT2D eigenvalue weighted by Crippen LogP contribution is 2.43. The summed E-state index contributed by atoms with van der Waals surface area (Å²) < 4.78 is 7.44. The van der Waals surface area contributed by atoms with E-state index in [0.717, 1.165) is 36.1 Å². The molecule has 1 unspecified atom stereocenters. The second-order valence-corrected chi connectivity index (χ2v) is 5.92. The van der Waals surface area contributed by atoms with Crippen LogP contribution in [0.1, 0.15) is 57.3 Å². The molecule has 1 aromatic carbocycles. The fourth-order valence-corrected chi connectivity index (χ4v) is 2.87. The molecular weight excluding hydrogens is 278 g/mol. The number of aromatic nitrogens is 2. The van der Waals surface area contributed by atoms with Gasteiger partial charge in [0.1, 0.15) is 17.4 Å². The Bertz CT molecular complexity index is 689. The van der Waals surface area contributed by atoms with Crippen LogP contribution in [0.25, 0.3) is 11.0 Å². The molecule has 1 fully saturated rings. The van der Waals surface area contributed by atoms with Gasteiger partial charge in [0.2, 0.25) is 0 Å². The summed E-state index contributed by atoms with van der Waals surface area (Å²) in [5.74, 6) is 1.25. The van der Waals surface area contributed by atoms with Crippen LogP contribution in [0.15, 0.2) is 18.2 Å². The maximum Gasteiger partial charge on any atom is 0.329 e. The van der Waals surface area contributed by atoms with Gasteiger partial charge < -0.3 is 15.0 Å². The molecule has 1 aliphatic carbocycles. The summed E-state index contributed by atoms with van der Waals surface area (Å²) in [4.78, 5) is 17.2. The number of esters is 1. The number of nitrogen functional groups attached to an aromatic ring is 1. The molecule has 5 heteroatoms. The summed E-state index contributed by atoms with van der Waals surface area (Å²) in [7, 11) is 0. The maximum absolute atomic E-state index is 12.5. The minimum atomic E-state index is -0.325. The third kappa shape index (κ3) is 2.56. The van der Waals surface area contributed by atoms with E-state index < -0.39 is 0 Å². The first kappa shape index (κ1) is 14.9. The summed E-state index contributed by atoms with van der Waals surface area (Å²) in [6, 6.07) is 5.43. The fraction of sp³-hybridized carbons (Fsp3) is 0.529. The van der Waals surface area contributed by atoms with Crippen molar-refractivity contribution in [2.75, 3.05) is 12.3 Å². The molecule has 0 saturated heterocycles. The number of benzene rings is 1. The zero-order chi connectivity index (χ0) is 15.7. The van der Waals surface area contributed by atoms with Crippen LogP contribution < -0.4 is 5.73 Å². The van der Waals surface area contributed by atoms with Gasteiger partial charge in [-0.3, -0.25) is 0 Å². The van der Waals surface area contributed by atoms with Gasteiger partial charge in [-0.2, -0.15) is 0 Å².